The Morgan fingerprint density at radius 3 is 2.43 bits per heavy atom. The maximum Gasteiger partial charge on any atom is 0.269 e. The number of rotatable bonds is 7. The lowest BCUT2D eigenvalue weighted by Crippen LogP contribution is -2.49. The summed E-state index contributed by atoms with van der Waals surface area (Å²) in [6.45, 7) is 3.82. The second kappa shape index (κ2) is 10.8. The normalized spacial score (nSPS) is 15.1. The smallest absolute Gasteiger partial charge is 0.269 e. The molecule has 37 heavy (non-hydrogen) atoms. The first-order valence-electron chi connectivity index (χ1n) is 11.4. The van der Waals surface area contributed by atoms with Gasteiger partial charge in [0.15, 0.2) is 0 Å². The van der Waals surface area contributed by atoms with E-state index in [2.05, 4.69) is 10.7 Å². The molecular formula is C27H25FN4O4S. The number of hydrazine groups is 1. The summed E-state index contributed by atoms with van der Waals surface area (Å²) in [5, 5.41) is 3.98. The first-order chi connectivity index (χ1) is 17.7. The predicted octanol–water partition coefficient (Wildman–Crippen LogP) is 4.13. The van der Waals surface area contributed by atoms with Gasteiger partial charge in [-0.1, -0.05) is 23.8 Å². The predicted molar refractivity (Wildman–Crippen MR) is 142 cm³/mol. The lowest BCUT2D eigenvalue weighted by atomic mass is 10.1. The van der Waals surface area contributed by atoms with Crippen molar-refractivity contribution in [2.24, 2.45) is 0 Å². The number of methoxy groups -OCH3 is 1. The molecule has 4 rings (SSSR count). The number of thiocarbonyl (C=S) groups is 1. The Balaban J connectivity index is 1.61. The Labute approximate surface area is 219 Å². The fourth-order valence-electron chi connectivity index (χ4n) is 4.00. The van der Waals surface area contributed by atoms with E-state index in [4.69, 9.17) is 17.0 Å². The maximum atomic E-state index is 13.7. The van der Waals surface area contributed by atoms with Crippen molar-refractivity contribution in [2.45, 2.75) is 26.3 Å². The van der Waals surface area contributed by atoms with Gasteiger partial charge < -0.3 is 10.1 Å². The fraction of sp³-hybridized carbons (Fsp3) is 0.185. The first-order valence-corrected chi connectivity index (χ1v) is 11.8. The van der Waals surface area contributed by atoms with Gasteiger partial charge in [-0.2, -0.15) is 0 Å². The highest BCUT2D eigenvalue weighted by Crippen LogP contribution is 2.28. The van der Waals surface area contributed by atoms with E-state index >= 15 is 0 Å². The molecule has 0 spiro atoms. The number of nitrogens with one attached hydrogen (secondary N) is 2. The molecule has 1 atom stereocenters. The van der Waals surface area contributed by atoms with Crippen molar-refractivity contribution in [3.8, 4) is 5.75 Å². The van der Waals surface area contributed by atoms with Gasteiger partial charge in [-0.3, -0.25) is 24.7 Å². The van der Waals surface area contributed by atoms with Crippen LogP contribution in [-0.2, 0) is 9.59 Å². The zero-order valence-corrected chi connectivity index (χ0v) is 21.3. The van der Waals surface area contributed by atoms with Crippen LogP contribution in [0.5, 0.6) is 5.75 Å². The summed E-state index contributed by atoms with van der Waals surface area (Å²) in [7, 11) is 1.52. The van der Waals surface area contributed by atoms with Gasteiger partial charge in [0, 0.05) is 11.3 Å². The molecule has 8 nitrogen and oxygen atoms in total. The Morgan fingerprint density at radius 1 is 1.05 bits per heavy atom. The largest absolute Gasteiger partial charge is 0.497 e. The zero-order valence-electron chi connectivity index (χ0n) is 20.4. The van der Waals surface area contributed by atoms with E-state index in [0.29, 0.717) is 17.1 Å². The first kappa shape index (κ1) is 25.8. The topological polar surface area (TPSA) is 91.0 Å². The quantitative estimate of drug-likeness (QED) is 0.456. The average Bonchev–Trinajstić information content (AvgIpc) is 3.09. The van der Waals surface area contributed by atoms with Crippen LogP contribution in [0.3, 0.4) is 0 Å². The number of carbonyl (C=O) groups excluding carboxylic acids is 3. The Kier molecular flexibility index (Phi) is 7.49. The van der Waals surface area contributed by atoms with Crippen LogP contribution in [0.15, 0.2) is 66.7 Å². The average molecular weight is 521 g/mol. The van der Waals surface area contributed by atoms with E-state index < -0.39 is 29.6 Å². The highest BCUT2D eigenvalue weighted by atomic mass is 32.1. The highest BCUT2D eigenvalue weighted by molar-refractivity contribution is 7.80. The van der Waals surface area contributed by atoms with Crippen LogP contribution < -0.4 is 20.4 Å². The molecule has 3 amide bonds. The molecule has 0 aliphatic carbocycles. The van der Waals surface area contributed by atoms with Crippen LogP contribution in [0, 0.1) is 19.7 Å². The summed E-state index contributed by atoms with van der Waals surface area (Å²) < 4.78 is 18.9. The van der Waals surface area contributed by atoms with Crippen molar-refractivity contribution < 1.29 is 23.5 Å². The molecule has 1 saturated heterocycles. The van der Waals surface area contributed by atoms with Crippen LogP contribution in [-0.4, -0.2) is 41.0 Å². The maximum absolute atomic E-state index is 13.7. The monoisotopic (exact) mass is 520 g/mol. The van der Waals surface area contributed by atoms with Gasteiger partial charge in [0.05, 0.1) is 19.2 Å². The number of ether oxygens (including phenoxy) is 1. The van der Waals surface area contributed by atoms with Crippen LogP contribution in [0.1, 0.15) is 27.9 Å². The molecule has 1 unspecified atom stereocenters. The minimum absolute atomic E-state index is 0.0239. The molecule has 1 aliphatic heterocycles. The van der Waals surface area contributed by atoms with Gasteiger partial charge in [0.2, 0.25) is 11.0 Å². The second-order valence-corrected chi connectivity index (χ2v) is 8.93. The van der Waals surface area contributed by atoms with Crippen molar-refractivity contribution in [1.29, 1.82) is 0 Å². The molecule has 1 fully saturated rings. The van der Waals surface area contributed by atoms with Crippen molar-refractivity contribution in [1.82, 2.24) is 10.4 Å². The second-order valence-electron chi connectivity index (χ2n) is 8.56. The number of hydrogen-bond acceptors (Lipinski definition) is 5. The molecule has 3 aromatic rings. The number of nitrogens with zero attached hydrogens (tertiary/aromatic N) is 2. The number of halogens is 1. The third kappa shape index (κ3) is 5.59. The third-order valence-electron chi connectivity index (χ3n) is 5.89. The van der Waals surface area contributed by atoms with Crippen molar-refractivity contribution in [2.75, 3.05) is 17.3 Å². The molecule has 0 bridgehead atoms. The number of amides is 3. The molecule has 0 radical (unpaired) electrons. The lowest BCUT2D eigenvalue weighted by Gasteiger charge is -2.24. The van der Waals surface area contributed by atoms with Gasteiger partial charge in [0.25, 0.3) is 11.8 Å². The molecule has 190 valence electrons. The Morgan fingerprint density at radius 2 is 1.78 bits per heavy atom. The van der Waals surface area contributed by atoms with Crippen LogP contribution >= 0.6 is 12.2 Å². The van der Waals surface area contributed by atoms with Gasteiger partial charge in [-0.25, -0.2) is 9.40 Å². The lowest BCUT2D eigenvalue weighted by molar-refractivity contribution is -0.124. The molecule has 1 heterocycles. The molecule has 0 saturated carbocycles. The summed E-state index contributed by atoms with van der Waals surface area (Å²) in [5.41, 5.74) is 5.60. The summed E-state index contributed by atoms with van der Waals surface area (Å²) in [4.78, 5) is 40.7. The fourth-order valence-corrected chi connectivity index (χ4v) is 4.37. The number of anilines is 2. The number of benzene rings is 3. The van der Waals surface area contributed by atoms with Crippen LogP contribution in [0.25, 0.3) is 0 Å². The molecule has 10 heteroatoms. The van der Waals surface area contributed by atoms with Crippen molar-refractivity contribution in [3.63, 3.8) is 0 Å². The SMILES string of the molecule is COc1ccc(N2C(=O)C(CC(=O)Nc3ccc(C)cc3C)N(NC(=O)c3cccc(F)c3)C2=S)cc1. The molecule has 3 aromatic carbocycles. The number of hydrogen-bond donors (Lipinski definition) is 2. The minimum Gasteiger partial charge on any atom is -0.497 e. The van der Waals surface area contributed by atoms with Crippen molar-refractivity contribution >= 4 is 46.4 Å². The van der Waals surface area contributed by atoms with Gasteiger partial charge >= 0.3 is 0 Å². The van der Waals surface area contributed by atoms with Crippen LogP contribution in [0.4, 0.5) is 15.8 Å². The highest BCUT2D eigenvalue weighted by Gasteiger charge is 2.45. The molecular weight excluding hydrogens is 495 g/mol. The molecule has 2 N–H and O–H groups in total. The summed E-state index contributed by atoms with van der Waals surface area (Å²) in [5.74, 6) is -1.61. The van der Waals surface area contributed by atoms with Gasteiger partial charge in [-0.05, 0) is 80.2 Å². The summed E-state index contributed by atoms with van der Waals surface area (Å²) >= 11 is 5.55. The van der Waals surface area contributed by atoms with Crippen molar-refractivity contribution in [3.05, 3.63) is 89.2 Å². The number of aryl methyl sites for hydroxylation is 2. The van der Waals surface area contributed by atoms with E-state index in [1.165, 1.54) is 35.2 Å². The Hall–Kier alpha value is -4.31. The Bertz CT molecular complexity index is 1380. The third-order valence-corrected chi connectivity index (χ3v) is 6.27. The van der Waals surface area contributed by atoms with E-state index in [-0.39, 0.29) is 17.1 Å². The zero-order chi connectivity index (χ0) is 26.7. The van der Waals surface area contributed by atoms with E-state index in [1.54, 1.807) is 30.3 Å². The minimum atomic E-state index is -1.13. The number of carbonyl (C=O) groups is 3. The standard InChI is InChI=1S/C27H25FN4O4S/c1-16-7-12-22(17(2)13-16)29-24(33)15-23-26(35)31(20-8-10-21(36-3)11-9-20)27(37)32(23)30-25(34)18-5-4-6-19(28)14-18/h4-14,23H,15H2,1-3H3,(H,29,33)(H,30,34). The molecule has 0 aromatic heterocycles. The van der Waals surface area contributed by atoms with Gasteiger partial charge in [-0.15, -0.1) is 0 Å². The van der Waals surface area contributed by atoms with Gasteiger partial charge in [0.1, 0.15) is 17.6 Å². The van der Waals surface area contributed by atoms with Crippen LogP contribution in [0.2, 0.25) is 0 Å². The van der Waals surface area contributed by atoms with E-state index in [1.807, 2.05) is 26.0 Å². The van der Waals surface area contributed by atoms with E-state index in [0.717, 1.165) is 17.2 Å². The van der Waals surface area contributed by atoms with E-state index in [9.17, 15) is 18.8 Å². The summed E-state index contributed by atoms with van der Waals surface area (Å²) in [6.07, 6.45) is -0.289. The molecule has 1 aliphatic rings. The summed E-state index contributed by atoms with van der Waals surface area (Å²) in [6, 6.07) is 16.2.